The molecule has 0 saturated heterocycles. The number of esters is 1. The molecule has 0 heterocycles. The molecule has 1 amide bonds. The second-order valence-corrected chi connectivity index (χ2v) is 4.79. The number of halogens is 1. The maximum atomic E-state index is 13.2. The summed E-state index contributed by atoms with van der Waals surface area (Å²) in [5.41, 5.74) is 1.35. The van der Waals surface area contributed by atoms with Crippen LogP contribution < -0.4 is 10.1 Å². The van der Waals surface area contributed by atoms with Gasteiger partial charge in [0.25, 0.3) is 0 Å². The van der Waals surface area contributed by atoms with E-state index in [0.717, 1.165) is 0 Å². The number of hydrogen-bond donors (Lipinski definition) is 1. The highest BCUT2D eigenvalue weighted by molar-refractivity contribution is 5.92. The Kier molecular flexibility index (Phi) is 5.30. The molecular formula is C17H16FNO4. The van der Waals surface area contributed by atoms with Crippen LogP contribution in [0.3, 0.4) is 0 Å². The minimum atomic E-state index is -0.550. The maximum absolute atomic E-state index is 13.2. The van der Waals surface area contributed by atoms with Crippen molar-refractivity contribution in [2.24, 2.45) is 0 Å². The van der Waals surface area contributed by atoms with Crippen LogP contribution in [0.25, 0.3) is 0 Å². The predicted molar refractivity (Wildman–Crippen MR) is 82.8 cm³/mol. The summed E-state index contributed by atoms with van der Waals surface area (Å²) in [5.74, 6) is -0.735. The van der Waals surface area contributed by atoms with Gasteiger partial charge in [-0.15, -0.1) is 0 Å². The van der Waals surface area contributed by atoms with E-state index in [0.29, 0.717) is 22.6 Å². The number of methoxy groups -OCH3 is 1. The fourth-order valence-electron chi connectivity index (χ4n) is 1.98. The van der Waals surface area contributed by atoms with Gasteiger partial charge in [-0.2, -0.15) is 0 Å². The van der Waals surface area contributed by atoms with Crippen molar-refractivity contribution in [2.45, 2.75) is 13.5 Å². The third kappa shape index (κ3) is 4.54. The van der Waals surface area contributed by atoms with Crippen molar-refractivity contribution in [3.8, 4) is 5.75 Å². The Balaban J connectivity index is 2.02. The van der Waals surface area contributed by atoms with E-state index in [1.807, 2.05) is 0 Å². The minimum Gasteiger partial charge on any atom is -0.496 e. The van der Waals surface area contributed by atoms with Gasteiger partial charge in [-0.3, -0.25) is 4.79 Å². The Morgan fingerprint density at radius 3 is 2.43 bits per heavy atom. The van der Waals surface area contributed by atoms with E-state index in [1.54, 1.807) is 12.1 Å². The number of carbonyl (C=O) groups excluding carboxylic acids is 2. The van der Waals surface area contributed by atoms with Gasteiger partial charge >= 0.3 is 5.97 Å². The summed E-state index contributed by atoms with van der Waals surface area (Å²) in [6, 6.07) is 10.3. The highest BCUT2D eigenvalue weighted by Gasteiger charge is 2.11. The number of rotatable bonds is 5. The molecule has 0 aromatic heterocycles. The van der Waals surface area contributed by atoms with Crippen molar-refractivity contribution in [1.29, 1.82) is 0 Å². The maximum Gasteiger partial charge on any atom is 0.338 e. The molecule has 0 saturated carbocycles. The Morgan fingerprint density at radius 1 is 1.13 bits per heavy atom. The molecule has 0 unspecified atom stereocenters. The van der Waals surface area contributed by atoms with Gasteiger partial charge in [-0.1, -0.05) is 0 Å². The zero-order chi connectivity index (χ0) is 16.8. The largest absolute Gasteiger partial charge is 0.496 e. The van der Waals surface area contributed by atoms with E-state index in [4.69, 9.17) is 9.47 Å². The standard InChI is InChI=1S/C17H16FNO4/c1-11(20)19-15-6-3-12(4-7-15)17(21)23-10-13-9-14(18)5-8-16(13)22-2/h3-9H,10H2,1-2H3,(H,19,20). The number of benzene rings is 2. The molecule has 1 N–H and O–H groups in total. The van der Waals surface area contributed by atoms with Crippen LogP contribution >= 0.6 is 0 Å². The smallest absolute Gasteiger partial charge is 0.338 e. The van der Waals surface area contributed by atoms with Crippen LogP contribution in [0.15, 0.2) is 42.5 Å². The molecule has 0 aliphatic rings. The van der Waals surface area contributed by atoms with Crippen LogP contribution in [-0.2, 0) is 16.1 Å². The van der Waals surface area contributed by atoms with Gasteiger partial charge < -0.3 is 14.8 Å². The average Bonchev–Trinajstić information content (AvgIpc) is 2.53. The summed E-state index contributed by atoms with van der Waals surface area (Å²) in [6.45, 7) is 1.29. The molecule has 2 aromatic carbocycles. The zero-order valence-electron chi connectivity index (χ0n) is 12.8. The van der Waals surface area contributed by atoms with E-state index >= 15 is 0 Å². The van der Waals surface area contributed by atoms with Gasteiger partial charge in [-0.25, -0.2) is 9.18 Å². The lowest BCUT2D eigenvalue weighted by atomic mass is 10.2. The van der Waals surface area contributed by atoms with Crippen LogP contribution in [0.2, 0.25) is 0 Å². The molecule has 0 radical (unpaired) electrons. The van der Waals surface area contributed by atoms with E-state index in [9.17, 15) is 14.0 Å². The summed E-state index contributed by atoms with van der Waals surface area (Å²) in [7, 11) is 1.46. The molecule has 2 aromatic rings. The Morgan fingerprint density at radius 2 is 1.83 bits per heavy atom. The Hall–Kier alpha value is -2.89. The second-order valence-electron chi connectivity index (χ2n) is 4.79. The van der Waals surface area contributed by atoms with E-state index in [1.165, 1.54) is 44.4 Å². The van der Waals surface area contributed by atoms with Gasteiger partial charge in [0.2, 0.25) is 5.91 Å². The molecule has 0 fully saturated rings. The number of carbonyl (C=O) groups is 2. The van der Waals surface area contributed by atoms with Gasteiger partial charge in [-0.05, 0) is 42.5 Å². The lowest BCUT2D eigenvalue weighted by Gasteiger charge is -2.10. The average molecular weight is 317 g/mol. The number of amides is 1. The lowest BCUT2D eigenvalue weighted by Crippen LogP contribution is -2.08. The predicted octanol–water partition coefficient (Wildman–Crippen LogP) is 3.15. The van der Waals surface area contributed by atoms with Crippen LogP contribution in [0.1, 0.15) is 22.8 Å². The minimum absolute atomic E-state index is 0.104. The first-order valence-corrected chi connectivity index (χ1v) is 6.87. The first-order chi connectivity index (χ1) is 11.0. The van der Waals surface area contributed by atoms with E-state index in [2.05, 4.69) is 5.32 Å². The molecule has 5 nitrogen and oxygen atoms in total. The number of ether oxygens (including phenoxy) is 2. The molecule has 0 aliphatic carbocycles. The molecule has 6 heteroatoms. The van der Waals surface area contributed by atoms with Crippen molar-refractivity contribution in [1.82, 2.24) is 0 Å². The Labute approximate surface area is 133 Å². The highest BCUT2D eigenvalue weighted by Crippen LogP contribution is 2.21. The fraction of sp³-hybridized carbons (Fsp3) is 0.176. The fourth-order valence-corrected chi connectivity index (χ4v) is 1.98. The van der Waals surface area contributed by atoms with E-state index in [-0.39, 0.29) is 12.5 Å². The quantitative estimate of drug-likeness (QED) is 0.860. The van der Waals surface area contributed by atoms with E-state index < -0.39 is 11.8 Å². The molecule has 23 heavy (non-hydrogen) atoms. The first-order valence-electron chi connectivity index (χ1n) is 6.87. The van der Waals surface area contributed by atoms with Gasteiger partial charge in [0.15, 0.2) is 0 Å². The zero-order valence-corrected chi connectivity index (χ0v) is 12.8. The first kappa shape index (κ1) is 16.5. The van der Waals surface area contributed by atoms with Gasteiger partial charge in [0, 0.05) is 18.2 Å². The normalized spacial score (nSPS) is 10.0. The number of anilines is 1. The summed E-state index contributed by atoms with van der Waals surface area (Å²) < 4.78 is 23.5. The SMILES string of the molecule is COc1ccc(F)cc1COC(=O)c1ccc(NC(C)=O)cc1. The molecule has 0 spiro atoms. The summed E-state index contributed by atoms with van der Waals surface area (Å²) >= 11 is 0. The molecule has 0 bridgehead atoms. The summed E-state index contributed by atoms with van der Waals surface area (Å²) in [4.78, 5) is 22.9. The van der Waals surface area contributed by atoms with Crippen LogP contribution in [0, 0.1) is 5.82 Å². The summed E-state index contributed by atoms with van der Waals surface area (Å²) in [6.07, 6.45) is 0. The number of nitrogens with one attached hydrogen (secondary N) is 1. The van der Waals surface area contributed by atoms with Crippen molar-refractivity contribution < 1.29 is 23.5 Å². The second kappa shape index (κ2) is 7.40. The van der Waals surface area contributed by atoms with Crippen LogP contribution in [-0.4, -0.2) is 19.0 Å². The monoisotopic (exact) mass is 317 g/mol. The lowest BCUT2D eigenvalue weighted by molar-refractivity contribution is -0.114. The topological polar surface area (TPSA) is 64.6 Å². The van der Waals surface area contributed by atoms with Crippen molar-refractivity contribution in [2.75, 3.05) is 12.4 Å². The molecule has 120 valence electrons. The molecule has 2 rings (SSSR count). The van der Waals surface area contributed by atoms with Crippen molar-refractivity contribution in [3.05, 3.63) is 59.4 Å². The van der Waals surface area contributed by atoms with Crippen LogP contribution in [0.5, 0.6) is 5.75 Å². The van der Waals surface area contributed by atoms with Gasteiger partial charge in [0.1, 0.15) is 18.2 Å². The Bertz CT molecular complexity index is 713. The van der Waals surface area contributed by atoms with Crippen LogP contribution in [0.4, 0.5) is 10.1 Å². The van der Waals surface area contributed by atoms with Crippen molar-refractivity contribution >= 4 is 17.6 Å². The molecule has 0 atom stereocenters. The van der Waals surface area contributed by atoms with Crippen molar-refractivity contribution in [3.63, 3.8) is 0 Å². The third-order valence-corrected chi connectivity index (χ3v) is 3.04. The third-order valence-electron chi connectivity index (χ3n) is 3.04. The molecule has 0 aliphatic heterocycles. The highest BCUT2D eigenvalue weighted by atomic mass is 19.1. The molecular weight excluding hydrogens is 301 g/mol. The number of hydrogen-bond acceptors (Lipinski definition) is 4. The van der Waals surface area contributed by atoms with Gasteiger partial charge in [0.05, 0.1) is 12.7 Å². The summed E-state index contributed by atoms with van der Waals surface area (Å²) in [5, 5.41) is 2.60.